The van der Waals surface area contributed by atoms with Gasteiger partial charge >= 0.3 is 0 Å². The Morgan fingerprint density at radius 2 is 1.91 bits per heavy atom. The standard InChI is InChI=1S/C17H16N4O2/c1-11(22)19-16(12-5-3-2-4-6-12)17(23)20-14-7-8-15-13(9-14)10-18-21-15/h2-10,16H,1H3,(H,18,21)(H,19,22)(H,20,23)/t16-/m0/s1. The van der Waals surface area contributed by atoms with Crippen molar-refractivity contribution in [2.75, 3.05) is 5.32 Å². The molecule has 3 N–H and O–H groups in total. The Morgan fingerprint density at radius 3 is 2.65 bits per heavy atom. The second kappa shape index (κ2) is 6.31. The Balaban J connectivity index is 1.84. The molecule has 6 heteroatoms. The fraction of sp³-hybridized carbons (Fsp3) is 0.118. The van der Waals surface area contributed by atoms with Crippen LogP contribution in [0.25, 0.3) is 10.9 Å². The van der Waals surface area contributed by atoms with Crippen molar-refractivity contribution < 1.29 is 9.59 Å². The molecule has 6 nitrogen and oxygen atoms in total. The molecule has 0 unspecified atom stereocenters. The lowest BCUT2D eigenvalue weighted by molar-refractivity contribution is -0.125. The average Bonchev–Trinajstić information content (AvgIpc) is 3.01. The molecule has 116 valence electrons. The van der Waals surface area contributed by atoms with E-state index < -0.39 is 6.04 Å². The Hall–Kier alpha value is -3.15. The van der Waals surface area contributed by atoms with Crippen LogP contribution in [0.3, 0.4) is 0 Å². The summed E-state index contributed by atoms with van der Waals surface area (Å²) in [6, 6.07) is 13.8. The Labute approximate surface area is 132 Å². The maximum absolute atomic E-state index is 12.6. The highest BCUT2D eigenvalue weighted by Gasteiger charge is 2.21. The molecule has 1 atom stereocenters. The smallest absolute Gasteiger partial charge is 0.251 e. The van der Waals surface area contributed by atoms with Crippen molar-refractivity contribution in [3.05, 3.63) is 60.3 Å². The summed E-state index contributed by atoms with van der Waals surface area (Å²) in [6.07, 6.45) is 1.69. The van der Waals surface area contributed by atoms with Crippen LogP contribution in [0.5, 0.6) is 0 Å². The first-order chi connectivity index (χ1) is 11.1. The highest BCUT2D eigenvalue weighted by molar-refractivity contribution is 5.99. The molecule has 0 radical (unpaired) electrons. The van der Waals surface area contributed by atoms with Crippen LogP contribution >= 0.6 is 0 Å². The summed E-state index contributed by atoms with van der Waals surface area (Å²) < 4.78 is 0. The second-order valence-corrected chi connectivity index (χ2v) is 5.21. The molecule has 0 aliphatic rings. The normalized spacial score (nSPS) is 11.9. The molecule has 0 aliphatic heterocycles. The van der Waals surface area contributed by atoms with Crippen molar-refractivity contribution in [3.63, 3.8) is 0 Å². The maximum Gasteiger partial charge on any atom is 0.251 e. The van der Waals surface area contributed by atoms with Gasteiger partial charge in [-0.25, -0.2) is 0 Å². The predicted octanol–water partition coefficient (Wildman–Crippen LogP) is 2.38. The summed E-state index contributed by atoms with van der Waals surface area (Å²) in [4.78, 5) is 24.0. The third-order valence-electron chi connectivity index (χ3n) is 3.45. The van der Waals surface area contributed by atoms with Crippen molar-refractivity contribution in [2.45, 2.75) is 13.0 Å². The van der Waals surface area contributed by atoms with Gasteiger partial charge < -0.3 is 10.6 Å². The van der Waals surface area contributed by atoms with E-state index in [1.165, 1.54) is 6.92 Å². The van der Waals surface area contributed by atoms with Crippen LogP contribution in [0.15, 0.2) is 54.7 Å². The van der Waals surface area contributed by atoms with Gasteiger partial charge in [-0.15, -0.1) is 0 Å². The Morgan fingerprint density at radius 1 is 1.13 bits per heavy atom. The van der Waals surface area contributed by atoms with E-state index in [2.05, 4.69) is 20.8 Å². The van der Waals surface area contributed by atoms with Crippen LogP contribution in [0.2, 0.25) is 0 Å². The number of H-pyrrole nitrogens is 1. The molecule has 2 amide bonds. The number of benzene rings is 2. The number of amides is 2. The molecular weight excluding hydrogens is 292 g/mol. The van der Waals surface area contributed by atoms with Gasteiger partial charge in [-0.2, -0.15) is 5.10 Å². The summed E-state index contributed by atoms with van der Waals surface area (Å²) in [7, 11) is 0. The van der Waals surface area contributed by atoms with Gasteiger partial charge in [0.25, 0.3) is 5.91 Å². The Kier molecular flexibility index (Phi) is 4.05. The zero-order valence-electron chi connectivity index (χ0n) is 12.5. The minimum absolute atomic E-state index is 0.265. The van der Waals surface area contributed by atoms with Gasteiger partial charge in [-0.1, -0.05) is 30.3 Å². The number of nitrogens with zero attached hydrogens (tertiary/aromatic N) is 1. The van der Waals surface area contributed by atoms with E-state index in [0.717, 1.165) is 16.5 Å². The Bertz CT molecular complexity index is 842. The summed E-state index contributed by atoms with van der Waals surface area (Å²) in [6.45, 7) is 1.39. The molecule has 1 heterocycles. The van der Waals surface area contributed by atoms with E-state index in [-0.39, 0.29) is 11.8 Å². The molecule has 0 saturated heterocycles. The SMILES string of the molecule is CC(=O)N[C@H](C(=O)Nc1ccc2[nH]ncc2c1)c1ccccc1. The summed E-state index contributed by atoms with van der Waals surface area (Å²) in [5.74, 6) is -0.562. The first-order valence-corrected chi connectivity index (χ1v) is 7.19. The van der Waals surface area contributed by atoms with Crippen molar-refractivity contribution in [1.29, 1.82) is 0 Å². The number of hydrogen-bond acceptors (Lipinski definition) is 3. The van der Waals surface area contributed by atoms with E-state index in [1.54, 1.807) is 24.4 Å². The summed E-state index contributed by atoms with van der Waals surface area (Å²) >= 11 is 0. The molecule has 0 spiro atoms. The van der Waals surface area contributed by atoms with Gasteiger partial charge in [-0.3, -0.25) is 14.7 Å². The van der Waals surface area contributed by atoms with Gasteiger partial charge in [0, 0.05) is 18.0 Å². The number of anilines is 1. The monoisotopic (exact) mass is 308 g/mol. The minimum atomic E-state index is -0.742. The minimum Gasteiger partial charge on any atom is -0.341 e. The molecular formula is C17H16N4O2. The van der Waals surface area contributed by atoms with Crippen LogP contribution in [0, 0.1) is 0 Å². The van der Waals surface area contributed by atoms with Crippen LogP contribution in [-0.4, -0.2) is 22.0 Å². The quantitative estimate of drug-likeness (QED) is 0.691. The predicted molar refractivity (Wildman–Crippen MR) is 87.7 cm³/mol. The van der Waals surface area contributed by atoms with Crippen molar-refractivity contribution in [3.8, 4) is 0 Å². The molecule has 1 aromatic heterocycles. The van der Waals surface area contributed by atoms with Crippen molar-refractivity contribution in [2.24, 2.45) is 0 Å². The van der Waals surface area contributed by atoms with Gasteiger partial charge in [0.2, 0.25) is 5.91 Å². The first kappa shape index (κ1) is 14.8. The van der Waals surface area contributed by atoms with E-state index in [1.807, 2.05) is 30.3 Å². The van der Waals surface area contributed by atoms with E-state index in [0.29, 0.717) is 5.69 Å². The highest BCUT2D eigenvalue weighted by Crippen LogP contribution is 2.19. The topological polar surface area (TPSA) is 86.9 Å². The van der Waals surface area contributed by atoms with E-state index in [9.17, 15) is 9.59 Å². The van der Waals surface area contributed by atoms with Crippen molar-refractivity contribution in [1.82, 2.24) is 15.5 Å². The number of rotatable bonds is 4. The number of aromatic amines is 1. The maximum atomic E-state index is 12.6. The summed E-state index contributed by atoms with van der Waals surface area (Å²) in [5.41, 5.74) is 2.27. The highest BCUT2D eigenvalue weighted by atomic mass is 16.2. The molecule has 0 bridgehead atoms. The lowest BCUT2D eigenvalue weighted by atomic mass is 10.1. The van der Waals surface area contributed by atoms with Gasteiger partial charge in [0.05, 0.1) is 11.7 Å². The lowest BCUT2D eigenvalue weighted by Crippen LogP contribution is -2.35. The van der Waals surface area contributed by atoms with Gasteiger partial charge in [0.1, 0.15) is 6.04 Å². The largest absolute Gasteiger partial charge is 0.341 e. The fourth-order valence-electron chi connectivity index (χ4n) is 2.38. The van der Waals surface area contributed by atoms with E-state index in [4.69, 9.17) is 0 Å². The number of fused-ring (bicyclic) bond motifs is 1. The molecule has 3 rings (SSSR count). The summed E-state index contributed by atoms with van der Waals surface area (Å²) in [5, 5.41) is 13.2. The molecule has 23 heavy (non-hydrogen) atoms. The molecule has 0 fully saturated rings. The molecule has 2 aromatic carbocycles. The third kappa shape index (κ3) is 3.37. The van der Waals surface area contributed by atoms with Crippen LogP contribution in [-0.2, 0) is 9.59 Å². The zero-order valence-corrected chi connectivity index (χ0v) is 12.5. The van der Waals surface area contributed by atoms with Crippen LogP contribution < -0.4 is 10.6 Å². The number of aromatic nitrogens is 2. The first-order valence-electron chi connectivity index (χ1n) is 7.19. The van der Waals surface area contributed by atoms with Crippen LogP contribution in [0.4, 0.5) is 5.69 Å². The fourth-order valence-corrected chi connectivity index (χ4v) is 2.38. The molecule has 0 aliphatic carbocycles. The number of carbonyl (C=O) groups is 2. The molecule has 0 saturated carbocycles. The number of carbonyl (C=O) groups excluding carboxylic acids is 2. The molecule has 3 aromatic rings. The zero-order chi connectivity index (χ0) is 16.2. The lowest BCUT2D eigenvalue weighted by Gasteiger charge is -2.18. The van der Waals surface area contributed by atoms with Gasteiger partial charge in [0.15, 0.2) is 0 Å². The third-order valence-corrected chi connectivity index (χ3v) is 3.45. The van der Waals surface area contributed by atoms with Crippen molar-refractivity contribution >= 4 is 28.4 Å². The number of nitrogens with one attached hydrogen (secondary N) is 3. The van der Waals surface area contributed by atoms with Crippen LogP contribution in [0.1, 0.15) is 18.5 Å². The van der Waals surface area contributed by atoms with E-state index >= 15 is 0 Å². The average molecular weight is 308 g/mol. The van der Waals surface area contributed by atoms with Gasteiger partial charge in [-0.05, 0) is 23.8 Å². The number of hydrogen-bond donors (Lipinski definition) is 3. The second-order valence-electron chi connectivity index (χ2n) is 5.21.